The SMILES string of the molecule is COc1cc(C)c(-c2nc3ccccc3c(=O)n2N=Cc2ccc(OCc3ccc(C)cc3)cc2)cc1C(C)C. The van der Waals surface area contributed by atoms with Gasteiger partial charge in [0.15, 0.2) is 5.82 Å². The lowest BCUT2D eigenvalue weighted by Crippen LogP contribution is -2.20. The van der Waals surface area contributed by atoms with Crippen molar-refractivity contribution in [3.05, 3.63) is 123 Å². The molecule has 0 radical (unpaired) electrons. The van der Waals surface area contributed by atoms with Gasteiger partial charge in [0.05, 0.1) is 24.2 Å². The maximum absolute atomic E-state index is 13.7. The van der Waals surface area contributed by atoms with Crippen LogP contribution in [0, 0.1) is 13.8 Å². The molecule has 0 bridgehead atoms. The van der Waals surface area contributed by atoms with E-state index in [1.165, 1.54) is 10.2 Å². The lowest BCUT2D eigenvalue weighted by molar-refractivity contribution is 0.306. The number of rotatable bonds is 8. The molecule has 0 N–H and O–H groups in total. The Morgan fingerprint density at radius 2 is 1.68 bits per heavy atom. The second-order valence-corrected chi connectivity index (χ2v) is 10.2. The van der Waals surface area contributed by atoms with Crippen molar-refractivity contribution in [2.75, 3.05) is 7.11 Å². The Morgan fingerprint density at radius 1 is 0.950 bits per heavy atom. The molecule has 0 fully saturated rings. The zero-order valence-electron chi connectivity index (χ0n) is 23.5. The molecule has 202 valence electrons. The smallest absolute Gasteiger partial charge is 0.282 e. The van der Waals surface area contributed by atoms with Crippen LogP contribution >= 0.6 is 0 Å². The van der Waals surface area contributed by atoms with Gasteiger partial charge in [-0.05, 0) is 90.6 Å². The van der Waals surface area contributed by atoms with Crippen molar-refractivity contribution in [2.45, 2.75) is 40.2 Å². The van der Waals surface area contributed by atoms with Gasteiger partial charge in [-0.25, -0.2) is 4.98 Å². The van der Waals surface area contributed by atoms with Gasteiger partial charge in [0.2, 0.25) is 0 Å². The summed E-state index contributed by atoms with van der Waals surface area (Å²) >= 11 is 0. The van der Waals surface area contributed by atoms with Crippen LogP contribution in [0.15, 0.2) is 94.8 Å². The van der Waals surface area contributed by atoms with Gasteiger partial charge in [0.1, 0.15) is 18.1 Å². The van der Waals surface area contributed by atoms with Gasteiger partial charge in [-0.2, -0.15) is 9.78 Å². The van der Waals surface area contributed by atoms with Crippen LogP contribution in [-0.2, 0) is 6.61 Å². The molecular formula is C34H33N3O3. The maximum Gasteiger partial charge on any atom is 0.282 e. The van der Waals surface area contributed by atoms with E-state index in [4.69, 9.17) is 14.5 Å². The largest absolute Gasteiger partial charge is 0.496 e. The number of para-hydroxylation sites is 1. The van der Waals surface area contributed by atoms with Crippen molar-refractivity contribution in [1.82, 2.24) is 9.66 Å². The molecule has 6 heteroatoms. The average Bonchev–Trinajstić information content (AvgIpc) is 2.96. The van der Waals surface area contributed by atoms with Gasteiger partial charge in [0.25, 0.3) is 5.56 Å². The monoisotopic (exact) mass is 531 g/mol. The zero-order chi connectivity index (χ0) is 28.2. The van der Waals surface area contributed by atoms with Crippen molar-refractivity contribution in [2.24, 2.45) is 5.10 Å². The minimum atomic E-state index is -0.226. The van der Waals surface area contributed by atoms with Gasteiger partial charge < -0.3 is 9.47 Å². The topological polar surface area (TPSA) is 65.7 Å². The van der Waals surface area contributed by atoms with Crippen molar-refractivity contribution in [1.29, 1.82) is 0 Å². The maximum atomic E-state index is 13.7. The molecule has 0 aliphatic carbocycles. The Labute approximate surface area is 234 Å². The summed E-state index contributed by atoms with van der Waals surface area (Å²) in [5.41, 5.74) is 6.40. The summed E-state index contributed by atoms with van der Waals surface area (Å²) in [6.45, 7) is 8.78. The first-order valence-electron chi connectivity index (χ1n) is 13.4. The van der Waals surface area contributed by atoms with E-state index < -0.39 is 0 Å². The van der Waals surface area contributed by atoms with E-state index in [9.17, 15) is 4.79 Å². The number of aromatic nitrogens is 2. The fourth-order valence-electron chi connectivity index (χ4n) is 4.60. The van der Waals surface area contributed by atoms with Gasteiger partial charge in [-0.1, -0.05) is 55.8 Å². The summed E-state index contributed by atoms with van der Waals surface area (Å²) in [5, 5.41) is 5.15. The molecule has 1 heterocycles. The number of hydrogen-bond donors (Lipinski definition) is 0. The quantitative estimate of drug-likeness (QED) is 0.198. The van der Waals surface area contributed by atoms with Crippen LogP contribution in [-0.4, -0.2) is 23.0 Å². The predicted octanol–water partition coefficient (Wildman–Crippen LogP) is 7.27. The molecule has 0 unspecified atom stereocenters. The van der Waals surface area contributed by atoms with Gasteiger partial charge in [0, 0.05) is 5.56 Å². The van der Waals surface area contributed by atoms with Gasteiger partial charge in [-0.3, -0.25) is 4.79 Å². The van der Waals surface area contributed by atoms with Crippen molar-refractivity contribution in [3.8, 4) is 22.9 Å². The highest BCUT2D eigenvalue weighted by Gasteiger charge is 2.18. The van der Waals surface area contributed by atoms with E-state index >= 15 is 0 Å². The Morgan fingerprint density at radius 3 is 2.38 bits per heavy atom. The van der Waals surface area contributed by atoms with Crippen LogP contribution in [0.25, 0.3) is 22.3 Å². The summed E-state index contributed by atoms with van der Waals surface area (Å²) in [6, 6.07) is 27.3. The Balaban J connectivity index is 1.50. The molecule has 0 atom stereocenters. The van der Waals surface area contributed by atoms with Crippen LogP contribution < -0.4 is 15.0 Å². The van der Waals surface area contributed by atoms with E-state index in [1.54, 1.807) is 19.4 Å². The molecule has 0 amide bonds. The second-order valence-electron chi connectivity index (χ2n) is 10.2. The van der Waals surface area contributed by atoms with E-state index in [0.717, 1.165) is 39.3 Å². The number of fused-ring (bicyclic) bond motifs is 1. The molecule has 40 heavy (non-hydrogen) atoms. The lowest BCUT2D eigenvalue weighted by atomic mass is 9.96. The van der Waals surface area contributed by atoms with Gasteiger partial charge >= 0.3 is 0 Å². The molecule has 5 aromatic rings. The number of nitrogens with zero attached hydrogens (tertiary/aromatic N) is 3. The first-order valence-corrected chi connectivity index (χ1v) is 13.4. The summed E-state index contributed by atoms with van der Waals surface area (Å²) in [6.07, 6.45) is 1.67. The first-order chi connectivity index (χ1) is 19.3. The molecule has 5 rings (SSSR count). The van der Waals surface area contributed by atoms with E-state index in [-0.39, 0.29) is 11.5 Å². The van der Waals surface area contributed by atoms with Gasteiger partial charge in [-0.15, -0.1) is 0 Å². The molecule has 0 aliphatic rings. The fourth-order valence-corrected chi connectivity index (χ4v) is 4.60. The third kappa shape index (κ3) is 5.66. The zero-order valence-corrected chi connectivity index (χ0v) is 23.5. The Kier molecular flexibility index (Phi) is 7.78. The van der Waals surface area contributed by atoms with Crippen LogP contribution in [0.4, 0.5) is 0 Å². The highest BCUT2D eigenvalue weighted by Crippen LogP contribution is 2.34. The van der Waals surface area contributed by atoms with E-state index in [2.05, 4.69) is 56.2 Å². The minimum absolute atomic E-state index is 0.226. The number of hydrogen-bond acceptors (Lipinski definition) is 5. The third-order valence-electron chi connectivity index (χ3n) is 6.92. The summed E-state index contributed by atoms with van der Waals surface area (Å²) in [4.78, 5) is 18.6. The standard InChI is InChI=1S/C34H33N3O3/c1-22(2)29-19-30(24(4)18-32(29)39-5)33-36-31-9-7-6-8-28(31)34(38)37(33)35-20-25-14-16-27(17-15-25)40-21-26-12-10-23(3)11-13-26/h6-20,22H,21H2,1-5H3. The molecule has 1 aromatic heterocycles. The second kappa shape index (κ2) is 11.6. The first kappa shape index (κ1) is 26.9. The number of aryl methyl sites for hydroxylation is 2. The molecule has 4 aromatic carbocycles. The van der Waals surface area contributed by atoms with Crippen LogP contribution in [0.1, 0.15) is 47.6 Å². The van der Waals surface area contributed by atoms with Crippen LogP contribution in [0.2, 0.25) is 0 Å². The molecule has 0 saturated carbocycles. The highest BCUT2D eigenvalue weighted by molar-refractivity contribution is 5.82. The van der Waals surface area contributed by atoms with Crippen LogP contribution in [0.5, 0.6) is 11.5 Å². The van der Waals surface area contributed by atoms with Crippen molar-refractivity contribution < 1.29 is 9.47 Å². The van der Waals surface area contributed by atoms with Crippen molar-refractivity contribution >= 4 is 17.1 Å². The summed E-state index contributed by atoms with van der Waals surface area (Å²) < 4.78 is 13.0. The molecular weight excluding hydrogens is 498 g/mol. The minimum Gasteiger partial charge on any atom is -0.496 e. The van der Waals surface area contributed by atoms with Crippen LogP contribution in [0.3, 0.4) is 0 Å². The molecule has 6 nitrogen and oxygen atoms in total. The highest BCUT2D eigenvalue weighted by atomic mass is 16.5. The number of methoxy groups -OCH3 is 1. The fraction of sp³-hybridized carbons (Fsp3) is 0.206. The molecule has 0 saturated heterocycles. The Bertz CT molecular complexity index is 1730. The summed E-state index contributed by atoms with van der Waals surface area (Å²) in [7, 11) is 1.67. The third-order valence-corrected chi connectivity index (χ3v) is 6.92. The van der Waals surface area contributed by atoms with Crippen molar-refractivity contribution in [3.63, 3.8) is 0 Å². The molecule has 0 aliphatic heterocycles. The van der Waals surface area contributed by atoms with E-state index in [1.807, 2.05) is 55.5 Å². The number of ether oxygens (including phenoxy) is 2. The lowest BCUT2D eigenvalue weighted by Gasteiger charge is -2.17. The number of benzene rings is 4. The van der Waals surface area contributed by atoms with E-state index in [0.29, 0.717) is 23.3 Å². The Hall–Kier alpha value is -4.71. The average molecular weight is 532 g/mol. The summed E-state index contributed by atoms with van der Waals surface area (Å²) in [5.74, 6) is 2.29. The molecule has 0 spiro atoms. The normalized spacial score (nSPS) is 11.4. The predicted molar refractivity (Wildman–Crippen MR) is 162 cm³/mol.